The molecule has 0 aliphatic rings. The first-order valence-corrected chi connectivity index (χ1v) is 5.95. The van der Waals surface area contributed by atoms with Gasteiger partial charge in [0.25, 0.3) is 0 Å². The molecule has 90 valence electrons. The number of aromatic amines is 1. The largest absolute Gasteiger partial charge is 0.292 e. The smallest absolute Gasteiger partial charge is 0.240 e. The van der Waals surface area contributed by atoms with E-state index in [4.69, 9.17) is 5.84 Å². The minimum absolute atomic E-state index is 0.338. The summed E-state index contributed by atoms with van der Waals surface area (Å²) in [5, 5.41) is 9.18. The molecule has 0 aliphatic heterocycles. The summed E-state index contributed by atoms with van der Waals surface area (Å²) in [6, 6.07) is 5.70. The molecule has 4 N–H and O–H groups in total. The monoisotopic (exact) mass is 259 g/mol. The first-order chi connectivity index (χ1) is 8.86. The second kappa shape index (κ2) is 4.59. The van der Waals surface area contributed by atoms with E-state index < -0.39 is 0 Å². The van der Waals surface area contributed by atoms with E-state index in [-0.39, 0.29) is 0 Å². The lowest BCUT2D eigenvalue weighted by atomic mass is 10.4. The molecule has 3 aromatic rings. The fraction of sp³-hybridized carbons (Fsp3) is 0. The lowest BCUT2D eigenvalue weighted by Crippen LogP contribution is -2.10. The molecule has 3 heterocycles. The third-order valence-corrected chi connectivity index (χ3v) is 3.20. The van der Waals surface area contributed by atoms with Crippen LogP contribution in [0, 0.1) is 0 Å². The second-order valence-electron chi connectivity index (χ2n) is 3.40. The summed E-state index contributed by atoms with van der Waals surface area (Å²) in [7, 11) is 0. The quantitative estimate of drug-likeness (QED) is 0.368. The van der Waals surface area contributed by atoms with Crippen LogP contribution in [0.25, 0.3) is 11.0 Å². The van der Waals surface area contributed by atoms with Crippen LogP contribution in [0.3, 0.4) is 0 Å². The van der Waals surface area contributed by atoms with Crippen molar-refractivity contribution in [3.05, 3.63) is 30.6 Å². The SMILES string of the molecule is NNc1nc(Sc2ccccn2)c2cn[nH]c2n1. The third-order valence-electron chi connectivity index (χ3n) is 2.24. The van der Waals surface area contributed by atoms with Gasteiger partial charge in [-0.05, 0) is 23.9 Å². The highest BCUT2D eigenvalue weighted by atomic mass is 32.2. The number of hydrazine groups is 1. The van der Waals surface area contributed by atoms with E-state index in [2.05, 4.69) is 30.6 Å². The maximum absolute atomic E-state index is 5.34. The first-order valence-electron chi connectivity index (χ1n) is 5.13. The fourth-order valence-corrected chi connectivity index (χ4v) is 2.31. The molecule has 7 nitrogen and oxygen atoms in total. The molecule has 0 unspecified atom stereocenters. The van der Waals surface area contributed by atoms with Gasteiger partial charge in [0.1, 0.15) is 10.1 Å². The molecule has 18 heavy (non-hydrogen) atoms. The van der Waals surface area contributed by atoms with E-state index in [9.17, 15) is 0 Å². The minimum atomic E-state index is 0.338. The number of anilines is 1. The molecule has 3 aromatic heterocycles. The Hall–Kier alpha value is -2.19. The summed E-state index contributed by atoms with van der Waals surface area (Å²) in [6.45, 7) is 0. The molecule has 0 atom stereocenters. The number of rotatable bonds is 3. The maximum atomic E-state index is 5.34. The van der Waals surface area contributed by atoms with Crippen LogP contribution in [0.1, 0.15) is 0 Å². The zero-order chi connectivity index (χ0) is 12.4. The summed E-state index contributed by atoms with van der Waals surface area (Å²) >= 11 is 1.43. The molecule has 0 aromatic carbocycles. The van der Waals surface area contributed by atoms with Crippen molar-refractivity contribution in [2.75, 3.05) is 5.43 Å². The first kappa shape index (κ1) is 10.9. The fourth-order valence-electron chi connectivity index (χ4n) is 1.46. The lowest BCUT2D eigenvalue weighted by Gasteiger charge is -2.03. The van der Waals surface area contributed by atoms with Crippen molar-refractivity contribution in [2.45, 2.75) is 10.1 Å². The van der Waals surface area contributed by atoms with Gasteiger partial charge in [-0.3, -0.25) is 10.5 Å². The van der Waals surface area contributed by atoms with Gasteiger partial charge in [-0.1, -0.05) is 6.07 Å². The summed E-state index contributed by atoms with van der Waals surface area (Å²) in [5.41, 5.74) is 3.07. The van der Waals surface area contributed by atoms with Gasteiger partial charge in [0, 0.05) is 6.20 Å². The standard InChI is InChI=1S/C10H9N7S/c11-16-10-14-8-6(5-13-17-8)9(15-10)18-7-3-1-2-4-12-7/h1-5H,11H2,(H2,13,14,15,16,17). The molecule has 0 spiro atoms. The molecule has 0 aliphatic carbocycles. The highest BCUT2D eigenvalue weighted by Gasteiger charge is 2.10. The Bertz CT molecular complexity index is 666. The van der Waals surface area contributed by atoms with Gasteiger partial charge < -0.3 is 0 Å². The number of hydrogen-bond donors (Lipinski definition) is 3. The Morgan fingerprint density at radius 2 is 2.22 bits per heavy atom. The molecule has 0 fully saturated rings. The predicted molar refractivity (Wildman–Crippen MR) is 67.9 cm³/mol. The molecule has 0 bridgehead atoms. The molecular weight excluding hydrogens is 250 g/mol. The number of hydrogen-bond acceptors (Lipinski definition) is 7. The average molecular weight is 259 g/mol. The number of nitrogens with one attached hydrogen (secondary N) is 2. The number of pyridine rings is 1. The Morgan fingerprint density at radius 3 is 3.00 bits per heavy atom. The lowest BCUT2D eigenvalue weighted by molar-refractivity contribution is 1.04. The summed E-state index contributed by atoms with van der Waals surface area (Å²) in [5.74, 6) is 5.68. The number of fused-ring (bicyclic) bond motifs is 1. The number of nitrogen functional groups attached to an aromatic ring is 1. The second-order valence-corrected chi connectivity index (χ2v) is 4.41. The maximum Gasteiger partial charge on any atom is 0.240 e. The van der Waals surface area contributed by atoms with Crippen molar-refractivity contribution in [1.82, 2.24) is 25.1 Å². The van der Waals surface area contributed by atoms with Crippen LogP contribution in [0.5, 0.6) is 0 Å². The van der Waals surface area contributed by atoms with Crippen LogP contribution in [0.4, 0.5) is 5.95 Å². The van der Waals surface area contributed by atoms with E-state index in [1.54, 1.807) is 12.4 Å². The van der Waals surface area contributed by atoms with Crippen LogP contribution in [-0.4, -0.2) is 25.1 Å². The minimum Gasteiger partial charge on any atom is -0.292 e. The van der Waals surface area contributed by atoms with Crippen molar-refractivity contribution in [2.24, 2.45) is 5.84 Å². The molecule has 0 saturated carbocycles. The summed E-state index contributed by atoms with van der Waals surface area (Å²) < 4.78 is 0. The van der Waals surface area contributed by atoms with Gasteiger partial charge in [-0.25, -0.2) is 15.8 Å². The van der Waals surface area contributed by atoms with Crippen LogP contribution < -0.4 is 11.3 Å². The van der Waals surface area contributed by atoms with Crippen LogP contribution in [-0.2, 0) is 0 Å². The molecule has 3 rings (SSSR count). The van der Waals surface area contributed by atoms with Crippen LogP contribution >= 0.6 is 11.8 Å². The zero-order valence-electron chi connectivity index (χ0n) is 9.16. The van der Waals surface area contributed by atoms with E-state index in [0.29, 0.717) is 11.6 Å². The Kier molecular flexibility index (Phi) is 2.79. The van der Waals surface area contributed by atoms with Gasteiger partial charge in [-0.2, -0.15) is 10.1 Å². The molecule has 0 saturated heterocycles. The van der Waals surface area contributed by atoms with Gasteiger partial charge >= 0.3 is 0 Å². The summed E-state index contributed by atoms with van der Waals surface area (Å²) in [4.78, 5) is 12.7. The van der Waals surface area contributed by atoms with Crippen molar-refractivity contribution in [3.63, 3.8) is 0 Å². The van der Waals surface area contributed by atoms with Crippen molar-refractivity contribution in [1.29, 1.82) is 0 Å². The van der Waals surface area contributed by atoms with Crippen molar-refractivity contribution >= 4 is 28.7 Å². The predicted octanol–water partition coefficient (Wildman–Crippen LogP) is 1.18. The zero-order valence-corrected chi connectivity index (χ0v) is 9.98. The average Bonchev–Trinajstić information content (AvgIpc) is 2.88. The third kappa shape index (κ3) is 1.98. The summed E-state index contributed by atoms with van der Waals surface area (Å²) in [6.07, 6.45) is 3.42. The molecule has 0 amide bonds. The van der Waals surface area contributed by atoms with Crippen molar-refractivity contribution in [3.8, 4) is 0 Å². The van der Waals surface area contributed by atoms with Crippen LogP contribution in [0.15, 0.2) is 40.6 Å². The van der Waals surface area contributed by atoms with Crippen LogP contribution in [0.2, 0.25) is 0 Å². The Morgan fingerprint density at radius 1 is 1.28 bits per heavy atom. The van der Waals surface area contributed by atoms with E-state index in [1.165, 1.54) is 11.8 Å². The normalized spacial score (nSPS) is 10.7. The van der Waals surface area contributed by atoms with Gasteiger partial charge in [0.05, 0.1) is 11.6 Å². The number of aromatic nitrogens is 5. The van der Waals surface area contributed by atoms with Gasteiger partial charge in [-0.15, -0.1) is 0 Å². The number of H-pyrrole nitrogens is 1. The van der Waals surface area contributed by atoms with E-state index in [0.717, 1.165) is 15.4 Å². The van der Waals surface area contributed by atoms with E-state index >= 15 is 0 Å². The highest BCUT2D eigenvalue weighted by Crippen LogP contribution is 2.29. The Labute approximate surface area is 106 Å². The molecule has 0 radical (unpaired) electrons. The molecular formula is C10H9N7S. The molecule has 8 heteroatoms. The van der Waals surface area contributed by atoms with Crippen molar-refractivity contribution < 1.29 is 0 Å². The highest BCUT2D eigenvalue weighted by molar-refractivity contribution is 7.99. The van der Waals surface area contributed by atoms with E-state index in [1.807, 2.05) is 18.2 Å². The topological polar surface area (TPSA) is 105 Å². The van der Waals surface area contributed by atoms with Gasteiger partial charge in [0.15, 0.2) is 5.65 Å². The number of nitrogens with two attached hydrogens (primary N) is 1. The Balaban J connectivity index is 2.07. The number of nitrogens with zero attached hydrogens (tertiary/aromatic N) is 4. The van der Waals surface area contributed by atoms with Gasteiger partial charge in [0.2, 0.25) is 5.95 Å².